The van der Waals surface area contributed by atoms with Crippen LogP contribution in [-0.4, -0.2) is 16.2 Å². The van der Waals surface area contributed by atoms with Crippen molar-refractivity contribution < 1.29 is 0 Å². The Kier molecular flexibility index (Phi) is 4.80. The number of fused-ring (bicyclic) bond motifs is 3. The van der Waals surface area contributed by atoms with Gasteiger partial charge in [-0.05, 0) is 47.6 Å². The molecule has 4 rings (SSSR count). The molecule has 1 aliphatic rings. The Bertz CT molecular complexity index is 925. The van der Waals surface area contributed by atoms with Gasteiger partial charge in [0, 0.05) is 9.75 Å². The highest BCUT2D eigenvalue weighted by Crippen LogP contribution is 2.45. The van der Waals surface area contributed by atoms with Crippen molar-refractivity contribution in [3.05, 3.63) is 39.2 Å². The lowest BCUT2D eigenvalue weighted by Gasteiger charge is -2.36. The fourth-order valence-electron chi connectivity index (χ4n) is 3.67. The molecule has 0 aromatic carbocycles. The smallest absolute Gasteiger partial charge is 0.158 e. The van der Waals surface area contributed by atoms with Crippen LogP contribution in [-0.2, 0) is 12.8 Å². The summed E-state index contributed by atoms with van der Waals surface area (Å²) in [5.74, 6) is 1.54. The summed E-state index contributed by atoms with van der Waals surface area (Å²) in [6, 6.07) is 4.08. The number of hydrogen-bond donors (Lipinski definition) is 1. The average Bonchev–Trinajstić information content (AvgIpc) is 3.28. The van der Waals surface area contributed by atoms with E-state index in [0.717, 1.165) is 28.4 Å². The zero-order valence-electron chi connectivity index (χ0n) is 15.5. The molecule has 0 saturated carbocycles. The van der Waals surface area contributed by atoms with Crippen LogP contribution in [0.2, 0.25) is 0 Å². The Labute approximate surface area is 162 Å². The normalized spacial score (nSPS) is 17.7. The third-order valence-corrected chi connectivity index (χ3v) is 7.77. The van der Waals surface area contributed by atoms with Crippen LogP contribution in [0.1, 0.15) is 48.9 Å². The van der Waals surface area contributed by atoms with Gasteiger partial charge in [-0.2, -0.15) is 5.10 Å². The molecule has 26 heavy (non-hydrogen) atoms. The van der Waals surface area contributed by atoms with E-state index in [4.69, 9.17) is 0 Å². The van der Waals surface area contributed by atoms with E-state index >= 15 is 0 Å². The molecule has 0 bridgehead atoms. The lowest BCUT2D eigenvalue weighted by atomic mass is 9.69. The predicted octanol–water partition coefficient (Wildman–Crippen LogP) is 5.74. The van der Waals surface area contributed by atoms with Gasteiger partial charge in [-0.15, -0.1) is 22.7 Å². The Morgan fingerprint density at radius 2 is 2.27 bits per heavy atom. The molecule has 3 aromatic rings. The number of rotatable bonds is 5. The third-order valence-electron chi connectivity index (χ3n) is 5.76. The van der Waals surface area contributed by atoms with Crippen molar-refractivity contribution in [1.29, 1.82) is 0 Å². The van der Waals surface area contributed by atoms with E-state index in [1.165, 1.54) is 28.7 Å². The maximum Gasteiger partial charge on any atom is 0.158 e. The quantitative estimate of drug-likeness (QED) is 0.451. The number of nitrogens with one attached hydrogen (secondary N) is 1. The molecule has 3 aromatic heterocycles. The molecular formula is C20H24N4S2. The van der Waals surface area contributed by atoms with Crippen molar-refractivity contribution in [2.24, 2.45) is 16.4 Å². The van der Waals surface area contributed by atoms with Crippen LogP contribution in [0.5, 0.6) is 0 Å². The second-order valence-electron chi connectivity index (χ2n) is 7.57. The molecule has 1 atom stereocenters. The Morgan fingerprint density at radius 1 is 1.38 bits per heavy atom. The van der Waals surface area contributed by atoms with Crippen molar-refractivity contribution in [1.82, 2.24) is 9.97 Å². The van der Waals surface area contributed by atoms with E-state index in [2.05, 4.69) is 52.7 Å². The van der Waals surface area contributed by atoms with Crippen molar-refractivity contribution >= 4 is 44.9 Å². The molecule has 0 aliphatic heterocycles. The summed E-state index contributed by atoms with van der Waals surface area (Å²) in [5.41, 5.74) is 4.97. The van der Waals surface area contributed by atoms with E-state index in [1.54, 1.807) is 17.7 Å². The molecule has 0 amide bonds. The van der Waals surface area contributed by atoms with E-state index < -0.39 is 0 Å². The summed E-state index contributed by atoms with van der Waals surface area (Å²) in [7, 11) is 0. The first-order valence-corrected chi connectivity index (χ1v) is 10.9. The summed E-state index contributed by atoms with van der Waals surface area (Å²) in [4.78, 5) is 12.7. The first-order valence-electron chi connectivity index (χ1n) is 9.16. The lowest BCUT2D eigenvalue weighted by Crippen LogP contribution is -2.28. The summed E-state index contributed by atoms with van der Waals surface area (Å²) in [5, 5.41) is 7.62. The summed E-state index contributed by atoms with van der Waals surface area (Å²) in [6.45, 7) is 7.10. The van der Waals surface area contributed by atoms with E-state index in [0.29, 0.717) is 11.3 Å². The van der Waals surface area contributed by atoms with E-state index in [1.807, 2.05) is 23.6 Å². The molecule has 3 heterocycles. The lowest BCUT2D eigenvalue weighted by molar-refractivity contribution is 0.184. The van der Waals surface area contributed by atoms with Crippen LogP contribution < -0.4 is 5.43 Å². The predicted molar refractivity (Wildman–Crippen MR) is 113 cm³/mol. The molecule has 1 N–H and O–H groups in total. The summed E-state index contributed by atoms with van der Waals surface area (Å²) in [6.07, 6.45) is 8.24. The SMILES string of the molecule is CCC(C)(C)[C@@H]1CCc2sc3ncnc(N/N=C\c4cccs4)c3c2C1. The number of hydrazone groups is 1. The number of nitrogens with zero attached hydrogens (tertiary/aromatic N) is 3. The van der Waals surface area contributed by atoms with Crippen LogP contribution in [0.3, 0.4) is 0 Å². The minimum absolute atomic E-state index is 0.368. The van der Waals surface area contributed by atoms with Gasteiger partial charge in [-0.1, -0.05) is 33.3 Å². The average molecular weight is 385 g/mol. The first-order chi connectivity index (χ1) is 12.6. The fraction of sp³-hybridized carbons (Fsp3) is 0.450. The fourth-order valence-corrected chi connectivity index (χ4v) is 5.44. The zero-order chi connectivity index (χ0) is 18.1. The summed E-state index contributed by atoms with van der Waals surface area (Å²) >= 11 is 3.50. The van der Waals surface area contributed by atoms with Crippen molar-refractivity contribution in [2.75, 3.05) is 5.43 Å². The number of anilines is 1. The maximum atomic E-state index is 4.53. The topological polar surface area (TPSA) is 50.2 Å². The molecule has 4 nitrogen and oxygen atoms in total. The van der Waals surface area contributed by atoms with Crippen molar-refractivity contribution in [3.8, 4) is 0 Å². The monoisotopic (exact) mass is 384 g/mol. The standard InChI is InChI=1S/C20H24N4S2/c1-4-20(2,3)13-7-8-16-15(10-13)17-18(21-12-22-19(17)26-16)24-23-11-14-6-5-9-25-14/h5-6,9,11-13H,4,7-8,10H2,1-3H3,(H,21,22,24)/b23-11-/t13-/m1/s1. The van der Waals surface area contributed by atoms with Gasteiger partial charge in [0.05, 0.1) is 11.6 Å². The van der Waals surface area contributed by atoms with Gasteiger partial charge in [-0.25, -0.2) is 9.97 Å². The summed E-state index contributed by atoms with van der Waals surface area (Å²) < 4.78 is 0. The van der Waals surface area contributed by atoms with Gasteiger partial charge in [0.1, 0.15) is 11.2 Å². The van der Waals surface area contributed by atoms with E-state index in [9.17, 15) is 0 Å². The molecule has 136 valence electrons. The second kappa shape index (κ2) is 7.08. The maximum absolute atomic E-state index is 4.53. The van der Waals surface area contributed by atoms with E-state index in [-0.39, 0.29) is 0 Å². The van der Waals surface area contributed by atoms with Crippen molar-refractivity contribution in [2.45, 2.75) is 46.5 Å². The van der Waals surface area contributed by atoms with Crippen LogP contribution in [0.15, 0.2) is 28.9 Å². The van der Waals surface area contributed by atoms with Crippen LogP contribution in [0, 0.1) is 11.3 Å². The molecule has 0 unspecified atom stereocenters. The number of aromatic nitrogens is 2. The van der Waals surface area contributed by atoms with Gasteiger partial charge in [-0.3, -0.25) is 5.43 Å². The van der Waals surface area contributed by atoms with Gasteiger partial charge < -0.3 is 0 Å². The zero-order valence-corrected chi connectivity index (χ0v) is 17.1. The van der Waals surface area contributed by atoms with Crippen LogP contribution >= 0.6 is 22.7 Å². The third kappa shape index (κ3) is 3.28. The van der Waals surface area contributed by atoms with Gasteiger partial charge in [0.25, 0.3) is 0 Å². The van der Waals surface area contributed by atoms with Crippen LogP contribution in [0.25, 0.3) is 10.2 Å². The number of thiophene rings is 2. The number of hydrogen-bond acceptors (Lipinski definition) is 6. The number of aryl methyl sites for hydroxylation is 1. The second-order valence-corrected chi connectivity index (χ2v) is 9.64. The molecular weight excluding hydrogens is 360 g/mol. The molecule has 0 saturated heterocycles. The Morgan fingerprint density at radius 3 is 3.04 bits per heavy atom. The molecule has 0 radical (unpaired) electrons. The minimum Gasteiger partial charge on any atom is -0.261 e. The highest BCUT2D eigenvalue weighted by molar-refractivity contribution is 7.19. The Balaban J connectivity index is 1.67. The first kappa shape index (κ1) is 17.6. The largest absolute Gasteiger partial charge is 0.261 e. The molecule has 0 fully saturated rings. The Hall–Kier alpha value is -1.79. The van der Waals surface area contributed by atoms with Gasteiger partial charge in [0.15, 0.2) is 5.82 Å². The molecule has 6 heteroatoms. The van der Waals surface area contributed by atoms with Crippen molar-refractivity contribution in [3.63, 3.8) is 0 Å². The minimum atomic E-state index is 0.368. The van der Waals surface area contributed by atoms with Crippen LogP contribution in [0.4, 0.5) is 5.82 Å². The van der Waals surface area contributed by atoms with Gasteiger partial charge in [0.2, 0.25) is 0 Å². The molecule has 0 spiro atoms. The highest BCUT2D eigenvalue weighted by atomic mass is 32.1. The molecule has 1 aliphatic carbocycles. The highest BCUT2D eigenvalue weighted by Gasteiger charge is 2.33. The van der Waals surface area contributed by atoms with Gasteiger partial charge >= 0.3 is 0 Å².